The van der Waals surface area contributed by atoms with Crippen LogP contribution in [0.2, 0.25) is 0 Å². The summed E-state index contributed by atoms with van der Waals surface area (Å²) in [6.45, 7) is 0. The molecule has 0 aliphatic carbocycles. The van der Waals surface area contributed by atoms with Gasteiger partial charge < -0.3 is 28.1 Å². The molecule has 0 unspecified atom stereocenters. The maximum absolute atomic E-state index is 8.63. The SMILES string of the molecule is O=[Si]([O-])O.O=[Si]([O-])O.[Ni+2]. The Morgan fingerprint density at radius 1 is 1.00 bits per heavy atom. The summed E-state index contributed by atoms with van der Waals surface area (Å²) in [5, 5.41) is 0. The summed E-state index contributed by atoms with van der Waals surface area (Å²) >= 11 is 0. The number of hydrogen-bond donors (Lipinski definition) is 2. The Balaban J connectivity index is -0.0000000720. The van der Waals surface area contributed by atoms with E-state index in [2.05, 4.69) is 0 Å². The van der Waals surface area contributed by atoms with Gasteiger partial charge in [-0.15, -0.1) is 0 Å². The molecule has 0 fully saturated rings. The molecule has 0 spiro atoms. The minimum absolute atomic E-state index is 0. The molecular weight excluding hydrogens is 211 g/mol. The third-order valence-corrected chi connectivity index (χ3v) is 0. The zero-order valence-electron chi connectivity index (χ0n) is 3.84. The van der Waals surface area contributed by atoms with Gasteiger partial charge in [0.25, 0.3) is 0 Å². The smallest absolute Gasteiger partial charge is 0.604 e. The van der Waals surface area contributed by atoms with Gasteiger partial charge in [-0.25, -0.2) is 0 Å². The second-order valence-corrected chi connectivity index (χ2v) is 1.60. The van der Waals surface area contributed by atoms with E-state index >= 15 is 0 Å². The first-order valence-electron chi connectivity index (χ1n) is 1.26. The van der Waals surface area contributed by atoms with E-state index in [-0.39, 0.29) is 16.5 Å². The molecule has 0 aromatic heterocycles. The second kappa shape index (κ2) is 10.7. The topological polar surface area (TPSA) is 121 Å². The predicted molar refractivity (Wildman–Crippen MR) is 17.3 cm³/mol. The van der Waals surface area contributed by atoms with Crippen LogP contribution in [0.25, 0.3) is 0 Å². The van der Waals surface area contributed by atoms with Gasteiger partial charge in [0.15, 0.2) is 0 Å². The fraction of sp³-hybridized carbons (Fsp3) is 0. The summed E-state index contributed by atoms with van der Waals surface area (Å²) in [4.78, 5) is 31.4. The quantitative estimate of drug-likeness (QED) is 0.391. The van der Waals surface area contributed by atoms with E-state index in [9.17, 15) is 0 Å². The Morgan fingerprint density at radius 2 is 1.00 bits per heavy atom. The first kappa shape index (κ1) is 15.9. The molecule has 56 valence electrons. The summed E-state index contributed by atoms with van der Waals surface area (Å²) in [6, 6.07) is 0. The first-order chi connectivity index (χ1) is 3.46. The van der Waals surface area contributed by atoms with E-state index in [0.717, 1.165) is 0 Å². The monoisotopic (exact) mass is 212 g/mol. The summed E-state index contributed by atoms with van der Waals surface area (Å²) in [7, 11) is -6.76. The summed E-state index contributed by atoms with van der Waals surface area (Å²) in [5.41, 5.74) is 0. The average molecular weight is 213 g/mol. The molecule has 0 atom stereocenters. The molecule has 0 saturated carbocycles. The van der Waals surface area contributed by atoms with Crippen LogP contribution >= 0.6 is 0 Å². The van der Waals surface area contributed by atoms with Gasteiger partial charge in [0, 0.05) is 0 Å². The molecule has 0 radical (unpaired) electrons. The Labute approximate surface area is 63.5 Å². The van der Waals surface area contributed by atoms with Crippen molar-refractivity contribution >= 4 is 18.3 Å². The molecule has 0 amide bonds. The third kappa shape index (κ3) is 3410. The maximum atomic E-state index is 8.63. The molecule has 9 heteroatoms. The number of rotatable bonds is 0. The minimum atomic E-state index is -3.38. The van der Waals surface area contributed by atoms with Crippen molar-refractivity contribution in [3.05, 3.63) is 0 Å². The fourth-order valence-electron chi connectivity index (χ4n) is 0. The van der Waals surface area contributed by atoms with E-state index in [1.165, 1.54) is 0 Å². The molecule has 0 aromatic rings. The van der Waals surface area contributed by atoms with E-state index in [4.69, 9.17) is 28.1 Å². The van der Waals surface area contributed by atoms with Gasteiger partial charge in [-0.3, -0.25) is 0 Å². The van der Waals surface area contributed by atoms with Gasteiger partial charge in [-0.1, -0.05) is 0 Å². The van der Waals surface area contributed by atoms with Gasteiger partial charge in [0.1, 0.15) is 0 Å². The summed E-state index contributed by atoms with van der Waals surface area (Å²) in [5.74, 6) is 0. The maximum Gasteiger partial charge on any atom is 2.00 e. The molecular formula is H2NiO6Si2. The van der Waals surface area contributed by atoms with Crippen LogP contribution < -0.4 is 9.59 Å². The molecule has 0 saturated heterocycles. The fourth-order valence-corrected chi connectivity index (χ4v) is 0. The van der Waals surface area contributed by atoms with Crippen LogP contribution in [-0.2, 0) is 25.4 Å². The van der Waals surface area contributed by atoms with Gasteiger partial charge >= 0.3 is 34.8 Å². The Morgan fingerprint density at radius 3 is 1.00 bits per heavy atom. The average Bonchev–Trinajstić information content (AvgIpc) is 1.25. The van der Waals surface area contributed by atoms with Crippen molar-refractivity contribution < 1.29 is 44.6 Å². The van der Waals surface area contributed by atoms with Gasteiger partial charge in [-0.05, 0) is 0 Å². The molecule has 0 bridgehead atoms. The van der Waals surface area contributed by atoms with Crippen molar-refractivity contribution in [2.75, 3.05) is 0 Å². The molecule has 0 aliphatic heterocycles. The van der Waals surface area contributed by atoms with Crippen molar-refractivity contribution in [1.82, 2.24) is 0 Å². The zero-order valence-corrected chi connectivity index (χ0v) is 6.83. The van der Waals surface area contributed by atoms with Gasteiger partial charge in [0.2, 0.25) is 0 Å². The van der Waals surface area contributed by atoms with Crippen LogP contribution in [-0.4, -0.2) is 27.9 Å². The summed E-state index contributed by atoms with van der Waals surface area (Å²) in [6.07, 6.45) is 0. The first-order valence-corrected chi connectivity index (χ1v) is 3.79. The third-order valence-electron chi connectivity index (χ3n) is 0. The Hall–Kier alpha value is -0.273. The Kier molecular flexibility index (Phi) is 18.8. The van der Waals surface area contributed by atoms with Crippen molar-refractivity contribution in [3.63, 3.8) is 0 Å². The predicted octanol–water partition coefficient (Wildman–Crippen LogP) is -4.49. The van der Waals surface area contributed by atoms with Crippen LogP contribution in [0.1, 0.15) is 0 Å². The van der Waals surface area contributed by atoms with Crippen molar-refractivity contribution in [1.29, 1.82) is 0 Å². The Bertz CT molecular complexity index is 69.1. The zero-order chi connectivity index (χ0) is 7.15. The van der Waals surface area contributed by atoms with Crippen molar-refractivity contribution in [2.45, 2.75) is 0 Å². The van der Waals surface area contributed by atoms with Gasteiger partial charge in [-0.2, -0.15) is 0 Å². The van der Waals surface area contributed by atoms with Crippen LogP contribution in [0.4, 0.5) is 0 Å². The molecule has 6 nitrogen and oxygen atoms in total. The van der Waals surface area contributed by atoms with Crippen LogP contribution in [0, 0.1) is 0 Å². The van der Waals surface area contributed by atoms with Gasteiger partial charge in [0.05, 0.1) is 0 Å². The van der Waals surface area contributed by atoms with E-state index < -0.39 is 18.3 Å². The second-order valence-electron chi connectivity index (χ2n) is 0.532. The molecule has 0 rings (SSSR count). The summed E-state index contributed by atoms with van der Waals surface area (Å²) < 4.78 is 17.3. The minimum Gasteiger partial charge on any atom is -0.604 e. The van der Waals surface area contributed by atoms with Crippen molar-refractivity contribution in [3.8, 4) is 0 Å². The van der Waals surface area contributed by atoms with Crippen molar-refractivity contribution in [2.24, 2.45) is 0 Å². The molecule has 0 aliphatic rings. The molecule has 0 aromatic carbocycles. The van der Waals surface area contributed by atoms with E-state index in [1.807, 2.05) is 0 Å². The standard InChI is InChI=1S/Ni.2HO3Si/c;2*1-4(2)3/h;2*1H/q+2;2*-1. The van der Waals surface area contributed by atoms with Crippen LogP contribution in [0.3, 0.4) is 0 Å². The molecule has 2 N–H and O–H groups in total. The van der Waals surface area contributed by atoms with Crippen LogP contribution in [0.15, 0.2) is 0 Å². The van der Waals surface area contributed by atoms with E-state index in [1.54, 1.807) is 0 Å². The largest absolute Gasteiger partial charge is 2.00 e. The van der Waals surface area contributed by atoms with E-state index in [0.29, 0.717) is 0 Å². The van der Waals surface area contributed by atoms with Crippen LogP contribution in [0.5, 0.6) is 0 Å². The normalized spacial score (nSPS) is 5.33. The molecule has 9 heavy (non-hydrogen) atoms. The number of hydrogen-bond acceptors (Lipinski definition) is 4. The molecule has 0 heterocycles.